The minimum absolute atomic E-state index is 0.0985. The third-order valence-electron chi connectivity index (χ3n) is 3.53. The summed E-state index contributed by atoms with van der Waals surface area (Å²) in [6, 6.07) is 9.26. The van der Waals surface area contributed by atoms with Crippen LogP contribution in [0.15, 0.2) is 43.0 Å². The first-order chi connectivity index (χ1) is 11.2. The van der Waals surface area contributed by atoms with Crippen molar-refractivity contribution in [3.05, 3.63) is 48.6 Å². The van der Waals surface area contributed by atoms with Crippen molar-refractivity contribution in [2.24, 2.45) is 0 Å². The van der Waals surface area contributed by atoms with E-state index in [1.54, 1.807) is 27.0 Å². The molecule has 0 aliphatic carbocycles. The van der Waals surface area contributed by atoms with Crippen LogP contribution >= 0.6 is 0 Å². The van der Waals surface area contributed by atoms with Crippen LogP contribution in [0, 0.1) is 0 Å². The number of likely N-dealkylation sites (N-methyl/N-ethyl adjacent to an activating group) is 1. The quantitative estimate of drug-likeness (QED) is 0.702. The van der Waals surface area contributed by atoms with Gasteiger partial charge < -0.3 is 19.5 Å². The van der Waals surface area contributed by atoms with Gasteiger partial charge in [0.25, 0.3) is 0 Å². The Morgan fingerprint density at radius 1 is 1.33 bits per heavy atom. The zero-order valence-electron chi connectivity index (χ0n) is 14.4. The number of rotatable bonds is 9. The lowest BCUT2D eigenvalue weighted by Crippen LogP contribution is -2.44. The minimum atomic E-state index is -1.05. The molecule has 1 aromatic carbocycles. The molecule has 1 aromatic rings. The van der Waals surface area contributed by atoms with Crippen LogP contribution in [-0.4, -0.2) is 54.0 Å². The highest BCUT2D eigenvalue weighted by Gasteiger charge is 2.26. The maximum atomic E-state index is 12.3. The van der Waals surface area contributed by atoms with Gasteiger partial charge in [0, 0.05) is 7.05 Å². The molecule has 0 fully saturated rings. The summed E-state index contributed by atoms with van der Waals surface area (Å²) >= 11 is 0. The van der Waals surface area contributed by atoms with Gasteiger partial charge in [0.2, 0.25) is 0 Å². The van der Waals surface area contributed by atoms with E-state index in [1.165, 1.54) is 4.90 Å². The van der Waals surface area contributed by atoms with Crippen molar-refractivity contribution in [2.75, 3.05) is 20.3 Å². The fourth-order valence-corrected chi connectivity index (χ4v) is 1.96. The standard InChI is InChI=1S/C18H25NO5/c1-5-18(2,3)24-17(22)19(4)15(12-23-13-16(20)21)11-14-9-7-6-8-10-14/h5-10,15H,1,11-13H2,2-4H3,(H,20,21). The van der Waals surface area contributed by atoms with E-state index in [2.05, 4.69) is 6.58 Å². The van der Waals surface area contributed by atoms with E-state index in [0.29, 0.717) is 6.42 Å². The molecular formula is C18H25NO5. The van der Waals surface area contributed by atoms with Gasteiger partial charge in [0.05, 0.1) is 12.6 Å². The molecule has 0 aromatic heterocycles. The molecule has 0 aliphatic rings. The van der Waals surface area contributed by atoms with Gasteiger partial charge >= 0.3 is 12.1 Å². The average Bonchev–Trinajstić information content (AvgIpc) is 2.53. The third-order valence-corrected chi connectivity index (χ3v) is 3.53. The van der Waals surface area contributed by atoms with Crippen LogP contribution in [0.2, 0.25) is 0 Å². The maximum Gasteiger partial charge on any atom is 0.410 e. The lowest BCUT2D eigenvalue weighted by atomic mass is 10.1. The van der Waals surface area contributed by atoms with Crippen LogP contribution in [0.25, 0.3) is 0 Å². The molecule has 1 amide bonds. The monoisotopic (exact) mass is 335 g/mol. The first kappa shape index (κ1) is 19.7. The second-order valence-electron chi connectivity index (χ2n) is 6.04. The number of aliphatic carboxylic acids is 1. The fourth-order valence-electron chi connectivity index (χ4n) is 1.96. The van der Waals surface area contributed by atoms with Crippen LogP contribution in [0.4, 0.5) is 4.79 Å². The van der Waals surface area contributed by atoms with E-state index in [4.69, 9.17) is 14.6 Å². The number of amides is 1. The van der Waals surface area contributed by atoms with E-state index in [-0.39, 0.29) is 12.6 Å². The summed E-state index contributed by atoms with van der Waals surface area (Å²) in [6.07, 6.45) is 1.56. The highest BCUT2D eigenvalue weighted by molar-refractivity contribution is 5.69. The number of hydrogen-bond donors (Lipinski definition) is 1. The Kier molecular flexibility index (Phi) is 7.45. The van der Waals surface area contributed by atoms with Crippen LogP contribution in [0.1, 0.15) is 19.4 Å². The van der Waals surface area contributed by atoms with Gasteiger partial charge in [0.1, 0.15) is 12.2 Å². The Balaban J connectivity index is 2.79. The van der Waals surface area contributed by atoms with Crippen molar-refractivity contribution in [1.29, 1.82) is 0 Å². The van der Waals surface area contributed by atoms with Crippen LogP contribution in [0.3, 0.4) is 0 Å². The molecule has 0 spiro atoms. The smallest absolute Gasteiger partial charge is 0.410 e. The zero-order chi connectivity index (χ0) is 18.2. The number of carboxylic acids is 1. The molecule has 0 bridgehead atoms. The van der Waals surface area contributed by atoms with Gasteiger partial charge in [-0.2, -0.15) is 0 Å². The molecule has 1 N–H and O–H groups in total. The summed E-state index contributed by atoms with van der Waals surface area (Å²) < 4.78 is 10.6. The van der Waals surface area contributed by atoms with Crippen LogP contribution < -0.4 is 0 Å². The number of benzene rings is 1. The van der Waals surface area contributed by atoms with Crippen molar-refractivity contribution in [1.82, 2.24) is 4.90 Å². The normalized spacial score (nSPS) is 12.3. The minimum Gasteiger partial charge on any atom is -0.480 e. The Labute approximate surface area is 142 Å². The molecule has 0 aliphatic heterocycles. The van der Waals surface area contributed by atoms with Crippen molar-refractivity contribution >= 4 is 12.1 Å². The molecule has 132 valence electrons. The van der Waals surface area contributed by atoms with E-state index in [0.717, 1.165) is 5.56 Å². The Hall–Kier alpha value is -2.34. The van der Waals surface area contributed by atoms with Gasteiger partial charge in [0.15, 0.2) is 0 Å². The second kappa shape index (κ2) is 9.08. The molecule has 6 heteroatoms. The summed E-state index contributed by atoms with van der Waals surface area (Å²) in [5.41, 5.74) is 0.231. The fraction of sp³-hybridized carbons (Fsp3) is 0.444. The molecule has 1 atom stereocenters. The van der Waals surface area contributed by atoms with Gasteiger partial charge in [-0.15, -0.1) is 0 Å². The first-order valence-corrected chi connectivity index (χ1v) is 7.68. The highest BCUT2D eigenvalue weighted by atomic mass is 16.6. The molecule has 0 saturated carbocycles. The molecule has 6 nitrogen and oxygen atoms in total. The molecule has 0 heterocycles. The summed E-state index contributed by atoms with van der Waals surface area (Å²) in [5, 5.41) is 8.71. The maximum absolute atomic E-state index is 12.3. The van der Waals surface area contributed by atoms with Gasteiger partial charge in [-0.3, -0.25) is 0 Å². The number of hydrogen-bond acceptors (Lipinski definition) is 4. The van der Waals surface area contributed by atoms with Crippen molar-refractivity contribution in [3.63, 3.8) is 0 Å². The van der Waals surface area contributed by atoms with Gasteiger partial charge in [-0.25, -0.2) is 9.59 Å². The van der Waals surface area contributed by atoms with E-state index in [9.17, 15) is 9.59 Å². The Morgan fingerprint density at radius 3 is 2.50 bits per heavy atom. The van der Waals surface area contributed by atoms with Crippen molar-refractivity contribution in [2.45, 2.75) is 31.9 Å². The summed E-state index contributed by atoms with van der Waals surface area (Å²) in [5.74, 6) is -1.05. The summed E-state index contributed by atoms with van der Waals surface area (Å²) in [7, 11) is 1.61. The van der Waals surface area contributed by atoms with E-state index in [1.807, 2.05) is 30.3 Å². The SMILES string of the molecule is C=CC(C)(C)OC(=O)N(C)C(COCC(=O)O)Cc1ccccc1. The summed E-state index contributed by atoms with van der Waals surface area (Å²) in [6.45, 7) is 6.80. The predicted molar refractivity (Wildman–Crippen MR) is 90.9 cm³/mol. The number of carbonyl (C=O) groups excluding carboxylic acids is 1. The number of nitrogens with zero attached hydrogens (tertiary/aromatic N) is 1. The topological polar surface area (TPSA) is 76.1 Å². The van der Waals surface area contributed by atoms with E-state index < -0.39 is 24.3 Å². The summed E-state index contributed by atoms with van der Waals surface area (Å²) in [4.78, 5) is 24.4. The second-order valence-corrected chi connectivity index (χ2v) is 6.04. The lowest BCUT2D eigenvalue weighted by Gasteiger charge is -2.31. The molecule has 1 unspecified atom stereocenters. The predicted octanol–water partition coefficient (Wildman–Crippen LogP) is 2.73. The Morgan fingerprint density at radius 2 is 1.96 bits per heavy atom. The Bertz CT molecular complexity index is 556. The van der Waals surface area contributed by atoms with Gasteiger partial charge in [-0.1, -0.05) is 36.9 Å². The van der Waals surface area contributed by atoms with Gasteiger partial charge in [-0.05, 0) is 31.9 Å². The largest absolute Gasteiger partial charge is 0.480 e. The van der Waals surface area contributed by atoms with E-state index >= 15 is 0 Å². The molecule has 0 saturated heterocycles. The first-order valence-electron chi connectivity index (χ1n) is 7.68. The number of carbonyl (C=O) groups is 2. The van der Waals surface area contributed by atoms with Crippen LogP contribution in [0.5, 0.6) is 0 Å². The third kappa shape index (κ3) is 6.83. The molecule has 1 rings (SSSR count). The number of ether oxygens (including phenoxy) is 2. The highest BCUT2D eigenvalue weighted by Crippen LogP contribution is 2.15. The molecule has 24 heavy (non-hydrogen) atoms. The van der Waals surface area contributed by atoms with Crippen LogP contribution in [-0.2, 0) is 20.7 Å². The van der Waals surface area contributed by atoms with Crippen molar-refractivity contribution in [3.8, 4) is 0 Å². The molecular weight excluding hydrogens is 310 g/mol. The van der Waals surface area contributed by atoms with Crippen molar-refractivity contribution < 1.29 is 24.2 Å². The average molecular weight is 335 g/mol. The lowest BCUT2D eigenvalue weighted by molar-refractivity contribution is -0.142. The molecule has 0 radical (unpaired) electrons. The number of carboxylic acid groups (broad SMARTS) is 1. The zero-order valence-corrected chi connectivity index (χ0v) is 14.4.